The molecule has 0 amide bonds. The van der Waals surface area contributed by atoms with Gasteiger partial charge < -0.3 is 0 Å². The average molecular weight is 244 g/mol. The molecule has 0 heterocycles. The number of allylic oxidation sites excluding steroid dienone is 1. The fourth-order valence-corrected chi connectivity index (χ4v) is 1.90. The lowest BCUT2D eigenvalue weighted by atomic mass is 9.96. The Morgan fingerprint density at radius 3 is 2.17 bits per heavy atom. The summed E-state index contributed by atoms with van der Waals surface area (Å²) >= 11 is 0. The number of benzene rings is 1. The van der Waals surface area contributed by atoms with Crippen molar-refractivity contribution in [2.75, 3.05) is 0 Å². The monoisotopic (exact) mass is 244 g/mol. The molecule has 2 nitrogen and oxygen atoms in total. The maximum atomic E-state index is 11.9. The first-order chi connectivity index (χ1) is 8.45. The summed E-state index contributed by atoms with van der Waals surface area (Å²) in [7, 11) is 0. The van der Waals surface area contributed by atoms with Crippen LogP contribution in [0.15, 0.2) is 24.8 Å². The molecular formula is C16H20O2. The van der Waals surface area contributed by atoms with E-state index in [9.17, 15) is 9.59 Å². The van der Waals surface area contributed by atoms with Crippen molar-refractivity contribution >= 4 is 17.1 Å². The van der Waals surface area contributed by atoms with E-state index in [1.54, 1.807) is 0 Å². The first kappa shape index (κ1) is 14.4. The first-order valence-electron chi connectivity index (χ1n) is 6.30. The van der Waals surface area contributed by atoms with Crippen LogP contribution < -0.4 is 0 Å². The zero-order valence-electron chi connectivity index (χ0n) is 11.4. The van der Waals surface area contributed by atoms with E-state index in [0.717, 1.165) is 29.5 Å². The van der Waals surface area contributed by atoms with Gasteiger partial charge in [0.15, 0.2) is 0 Å². The molecule has 0 spiro atoms. The third-order valence-electron chi connectivity index (χ3n) is 2.85. The van der Waals surface area contributed by atoms with Crippen LogP contribution in [-0.4, -0.2) is 11.6 Å². The van der Waals surface area contributed by atoms with Crippen molar-refractivity contribution in [1.29, 1.82) is 0 Å². The van der Waals surface area contributed by atoms with E-state index in [4.69, 9.17) is 0 Å². The normalized spacial score (nSPS) is 10.2. The Morgan fingerprint density at radius 1 is 1.11 bits per heavy atom. The minimum absolute atomic E-state index is 0.308. The van der Waals surface area contributed by atoms with E-state index in [-0.39, 0.29) is 5.78 Å². The highest BCUT2D eigenvalue weighted by Gasteiger charge is 2.18. The molecule has 0 unspecified atom stereocenters. The Balaban J connectivity index is 2.86. The van der Waals surface area contributed by atoms with Crippen LogP contribution in [0.25, 0.3) is 5.57 Å². The van der Waals surface area contributed by atoms with E-state index < -0.39 is 5.78 Å². The second-order valence-corrected chi connectivity index (χ2v) is 4.71. The van der Waals surface area contributed by atoms with Crippen molar-refractivity contribution in [3.8, 4) is 0 Å². The quantitative estimate of drug-likeness (QED) is 0.565. The van der Waals surface area contributed by atoms with Gasteiger partial charge in [-0.2, -0.15) is 0 Å². The largest absolute Gasteiger partial charge is 0.290 e. The van der Waals surface area contributed by atoms with Gasteiger partial charge in [-0.15, -0.1) is 0 Å². The Morgan fingerprint density at radius 2 is 1.67 bits per heavy atom. The highest BCUT2D eigenvalue weighted by molar-refractivity contribution is 6.53. The van der Waals surface area contributed by atoms with Crippen molar-refractivity contribution in [1.82, 2.24) is 0 Å². The molecule has 0 aromatic heterocycles. The number of aryl methyl sites for hydroxylation is 2. The summed E-state index contributed by atoms with van der Waals surface area (Å²) in [5.74, 6) is -0.783. The van der Waals surface area contributed by atoms with Crippen LogP contribution in [0.2, 0.25) is 0 Å². The summed E-state index contributed by atoms with van der Waals surface area (Å²) in [5.41, 5.74) is 3.20. The average Bonchev–Trinajstić information content (AvgIpc) is 2.32. The summed E-state index contributed by atoms with van der Waals surface area (Å²) in [6, 6.07) is 5.81. The number of carbonyl (C=O) groups excluding carboxylic acids is 2. The van der Waals surface area contributed by atoms with Gasteiger partial charge in [0.2, 0.25) is 11.6 Å². The maximum Gasteiger partial charge on any atom is 0.228 e. The van der Waals surface area contributed by atoms with Crippen molar-refractivity contribution in [3.63, 3.8) is 0 Å². The van der Waals surface area contributed by atoms with Crippen LogP contribution >= 0.6 is 0 Å². The SMILES string of the molecule is C=C(C(=O)C(=O)CCCC)c1cc(C)cc(C)c1. The van der Waals surface area contributed by atoms with Crippen molar-refractivity contribution in [3.05, 3.63) is 41.5 Å². The van der Waals surface area contributed by atoms with Crippen molar-refractivity contribution in [2.24, 2.45) is 0 Å². The molecule has 1 aromatic rings. The summed E-state index contributed by atoms with van der Waals surface area (Å²) in [4.78, 5) is 23.6. The molecule has 96 valence electrons. The summed E-state index contributed by atoms with van der Waals surface area (Å²) in [5, 5.41) is 0. The van der Waals surface area contributed by atoms with Gasteiger partial charge in [-0.05, 0) is 25.8 Å². The molecule has 1 aromatic carbocycles. The molecule has 18 heavy (non-hydrogen) atoms. The zero-order chi connectivity index (χ0) is 13.7. The third-order valence-corrected chi connectivity index (χ3v) is 2.85. The molecule has 0 atom stereocenters. The van der Waals surface area contributed by atoms with E-state index in [2.05, 4.69) is 6.58 Å². The van der Waals surface area contributed by atoms with Crippen LogP contribution in [0.5, 0.6) is 0 Å². The Bertz CT molecular complexity index is 464. The molecule has 0 aliphatic heterocycles. The molecule has 2 heteroatoms. The smallest absolute Gasteiger partial charge is 0.228 e. The highest BCUT2D eigenvalue weighted by Crippen LogP contribution is 2.18. The highest BCUT2D eigenvalue weighted by atomic mass is 16.2. The molecule has 0 N–H and O–H groups in total. The number of ketones is 2. The maximum absolute atomic E-state index is 11.9. The van der Waals surface area contributed by atoms with Crippen LogP contribution in [-0.2, 0) is 9.59 Å². The topological polar surface area (TPSA) is 34.1 Å². The Kier molecular flexibility index (Phi) is 5.02. The molecular weight excluding hydrogens is 224 g/mol. The van der Waals surface area contributed by atoms with Gasteiger partial charge >= 0.3 is 0 Å². The standard InChI is InChI=1S/C16H20O2/c1-5-6-7-15(17)16(18)13(4)14-9-11(2)8-12(3)10-14/h8-10H,4-7H2,1-3H3. The number of hydrogen-bond acceptors (Lipinski definition) is 2. The first-order valence-corrected chi connectivity index (χ1v) is 6.30. The molecule has 0 radical (unpaired) electrons. The van der Waals surface area contributed by atoms with Crippen LogP contribution in [0.4, 0.5) is 0 Å². The summed E-state index contributed by atoms with van der Waals surface area (Å²) < 4.78 is 0. The third kappa shape index (κ3) is 3.66. The van der Waals surface area contributed by atoms with Gasteiger partial charge in [0.1, 0.15) is 0 Å². The van der Waals surface area contributed by atoms with Crippen LogP contribution in [0, 0.1) is 13.8 Å². The van der Waals surface area contributed by atoms with Gasteiger partial charge in [0, 0.05) is 12.0 Å². The van der Waals surface area contributed by atoms with E-state index >= 15 is 0 Å². The number of hydrogen-bond donors (Lipinski definition) is 0. The lowest BCUT2D eigenvalue weighted by Crippen LogP contribution is -2.14. The minimum Gasteiger partial charge on any atom is -0.290 e. The van der Waals surface area contributed by atoms with Crippen molar-refractivity contribution in [2.45, 2.75) is 40.0 Å². The van der Waals surface area contributed by atoms with Crippen molar-refractivity contribution < 1.29 is 9.59 Å². The fraction of sp³-hybridized carbons (Fsp3) is 0.375. The number of carbonyl (C=O) groups is 2. The van der Waals surface area contributed by atoms with Gasteiger partial charge in [-0.1, -0.05) is 49.2 Å². The van der Waals surface area contributed by atoms with Gasteiger partial charge in [-0.3, -0.25) is 9.59 Å². The molecule has 0 aliphatic rings. The predicted molar refractivity (Wildman–Crippen MR) is 74.5 cm³/mol. The van der Waals surface area contributed by atoms with Gasteiger partial charge in [0.25, 0.3) is 0 Å². The second-order valence-electron chi connectivity index (χ2n) is 4.71. The molecule has 1 rings (SSSR count). The lowest BCUT2D eigenvalue weighted by Gasteiger charge is -2.07. The Labute approximate surface area is 109 Å². The minimum atomic E-state index is -0.451. The molecule has 0 bridgehead atoms. The van der Waals surface area contributed by atoms with Crippen LogP contribution in [0.3, 0.4) is 0 Å². The molecule has 0 fully saturated rings. The van der Waals surface area contributed by atoms with E-state index in [0.29, 0.717) is 12.0 Å². The molecule has 0 aliphatic carbocycles. The molecule has 0 saturated carbocycles. The zero-order valence-corrected chi connectivity index (χ0v) is 11.4. The number of rotatable bonds is 6. The summed E-state index contributed by atoms with van der Waals surface area (Å²) in [6.07, 6.45) is 1.99. The van der Waals surface area contributed by atoms with E-state index in [1.165, 1.54) is 0 Å². The van der Waals surface area contributed by atoms with Crippen LogP contribution in [0.1, 0.15) is 42.9 Å². The predicted octanol–water partition coefficient (Wildman–Crippen LogP) is 3.65. The fourth-order valence-electron chi connectivity index (χ4n) is 1.90. The number of Topliss-reactive ketones (excluding diaryl/α,β-unsaturated/α-hetero) is 2. The Hall–Kier alpha value is -1.70. The molecule has 0 saturated heterocycles. The van der Waals surface area contributed by atoms with Gasteiger partial charge in [-0.25, -0.2) is 0 Å². The lowest BCUT2D eigenvalue weighted by molar-refractivity contribution is -0.133. The second kappa shape index (κ2) is 6.29. The van der Waals surface area contributed by atoms with Gasteiger partial charge in [0.05, 0.1) is 0 Å². The summed E-state index contributed by atoms with van der Waals surface area (Å²) in [6.45, 7) is 9.69. The van der Waals surface area contributed by atoms with E-state index in [1.807, 2.05) is 39.0 Å². The number of unbranched alkanes of at least 4 members (excludes halogenated alkanes) is 1.